The molecule has 0 aliphatic carbocycles. The minimum atomic E-state index is -0.252. The molecule has 0 spiro atoms. The number of ether oxygens (including phenoxy) is 1. The minimum Gasteiger partial charge on any atom is -0.468 e. The number of rotatable bonds is 5. The van der Waals surface area contributed by atoms with E-state index in [0.717, 1.165) is 0 Å². The lowest BCUT2D eigenvalue weighted by Gasteiger charge is -2.23. The number of hydrogen-bond donors (Lipinski definition) is 1. The highest BCUT2D eigenvalue weighted by Crippen LogP contribution is 2.23. The third-order valence-electron chi connectivity index (χ3n) is 2.74. The lowest BCUT2D eigenvalue weighted by atomic mass is 10.0. The number of hydrogen-bond acceptors (Lipinski definition) is 4. The van der Waals surface area contributed by atoms with Crippen molar-refractivity contribution in [3.05, 3.63) is 21.9 Å². The topological polar surface area (TPSA) is 38.3 Å². The van der Waals surface area contributed by atoms with Gasteiger partial charge in [-0.1, -0.05) is 13.8 Å². The molecule has 2 atom stereocenters. The van der Waals surface area contributed by atoms with Gasteiger partial charge in [0.15, 0.2) is 0 Å². The van der Waals surface area contributed by atoms with Crippen LogP contribution in [0.4, 0.5) is 0 Å². The Labute approximate surface area is 107 Å². The average molecular weight is 255 g/mol. The summed E-state index contributed by atoms with van der Waals surface area (Å²) in [4.78, 5) is 14.2. The van der Waals surface area contributed by atoms with Gasteiger partial charge in [0.05, 0.1) is 7.11 Å². The number of carbonyl (C=O) groups excluding carboxylic acids is 1. The standard InChI is InChI=1S/C13H21NO2S/c1-8(2)12(13(15)16-5)14-10(4)11-7-6-9(3)17-11/h6-8,10,12,14H,1-5H3. The molecule has 1 aromatic heterocycles. The highest BCUT2D eigenvalue weighted by molar-refractivity contribution is 7.12. The summed E-state index contributed by atoms with van der Waals surface area (Å²) in [6, 6.07) is 4.12. The number of esters is 1. The second-order valence-corrected chi connectivity index (χ2v) is 5.90. The molecule has 1 N–H and O–H groups in total. The van der Waals surface area contributed by atoms with Crippen molar-refractivity contribution < 1.29 is 9.53 Å². The number of nitrogens with one attached hydrogen (secondary N) is 1. The fraction of sp³-hybridized carbons (Fsp3) is 0.615. The predicted molar refractivity (Wildman–Crippen MR) is 71.2 cm³/mol. The van der Waals surface area contributed by atoms with Crippen LogP contribution in [0.25, 0.3) is 0 Å². The van der Waals surface area contributed by atoms with Crippen LogP contribution in [0.15, 0.2) is 12.1 Å². The maximum atomic E-state index is 11.6. The van der Waals surface area contributed by atoms with E-state index in [1.54, 1.807) is 11.3 Å². The van der Waals surface area contributed by atoms with E-state index in [-0.39, 0.29) is 24.0 Å². The first-order valence-electron chi connectivity index (χ1n) is 5.86. The van der Waals surface area contributed by atoms with Gasteiger partial charge in [0.25, 0.3) is 0 Å². The van der Waals surface area contributed by atoms with Gasteiger partial charge in [-0.15, -0.1) is 11.3 Å². The van der Waals surface area contributed by atoms with E-state index >= 15 is 0 Å². The zero-order valence-corrected chi connectivity index (χ0v) is 11.9. The van der Waals surface area contributed by atoms with Crippen molar-refractivity contribution in [2.45, 2.75) is 39.8 Å². The zero-order chi connectivity index (χ0) is 13.0. The molecule has 96 valence electrons. The molecular formula is C13H21NO2S. The summed E-state index contributed by atoms with van der Waals surface area (Å²) in [5, 5.41) is 3.33. The average Bonchev–Trinajstić information content (AvgIpc) is 2.71. The summed E-state index contributed by atoms with van der Waals surface area (Å²) in [7, 11) is 1.43. The normalized spacial score (nSPS) is 14.7. The first kappa shape index (κ1) is 14.2. The first-order valence-corrected chi connectivity index (χ1v) is 6.67. The second kappa shape index (κ2) is 6.17. The van der Waals surface area contributed by atoms with Gasteiger partial charge in [0.2, 0.25) is 0 Å². The van der Waals surface area contributed by atoms with Crippen molar-refractivity contribution in [2.24, 2.45) is 5.92 Å². The Kier molecular flexibility index (Phi) is 5.15. The SMILES string of the molecule is COC(=O)C(NC(C)c1ccc(C)s1)C(C)C. The Morgan fingerprint density at radius 1 is 1.35 bits per heavy atom. The van der Waals surface area contributed by atoms with E-state index in [4.69, 9.17) is 4.74 Å². The molecule has 0 saturated carbocycles. The lowest BCUT2D eigenvalue weighted by molar-refractivity contribution is -0.144. The van der Waals surface area contributed by atoms with Crippen LogP contribution >= 0.6 is 11.3 Å². The lowest BCUT2D eigenvalue weighted by Crippen LogP contribution is -2.42. The van der Waals surface area contributed by atoms with Crippen LogP contribution < -0.4 is 5.32 Å². The Morgan fingerprint density at radius 3 is 2.41 bits per heavy atom. The van der Waals surface area contributed by atoms with Gasteiger partial charge in [0, 0.05) is 15.8 Å². The third-order valence-corrected chi connectivity index (χ3v) is 3.92. The van der Waals surface area contributed by atoms with Crippen LogP contribution in [-0.4, -0.2) is 19.1 Å². The molecule has 0 aliphatic rings. The monoisotopic (exact) mass is 255 g/mol. The maximum Gasteiger partial charge on any atom is 0.323 e. The molecule has 1 rings (SSSR count). The van der Waals surface area contributed by atoms with Crippen LogP contribution in [0, 0.1) is 12.8 Å². The van der Waals surface area contributed by atoms with Gasteiger partial charge in [-0.3, -0.25) is 10.1 Å². The molecule has 0 saturated heterocycles. The summed E-state index contributed by atoms with van der Waals surface area (Å²) < 4.78 is 4.82. The van der Waals surface area contributed by atoms with E-state index in [9.17, 15) is 4.79 Å². The summed E-state index contributed by atoms with van der Waals surface area (Å²) in [6.45, 7) is 8.19. The Bertz CT molecular complexity index is 373. The van der Waals surface area contributed by atoms with Gasteiger partial charge in [0.1, 0.15) is 6.04 Å². The maximum absolute atomic E-state index is 11.6. The van der Waals surface area contributed by atoms with Crippen molar-refractivity contribution in [2.75, 3.05) is 7.11 Å². The van der Waals surface area contributed by atoms with Crippen LogP contribution in [0.1, 0.15) is 36.6 Å². The molecule has 1 heterocycles. The van der Waals surface area contributed by atoms with Crippen molar-refractivity contribution in [1.82, 2.24) is 5.32 Å². The fourth-order valence-corrected chi connectivity index (χ4v) is 2.59. The highest BCUT2D eigenvalue weighted by Gasteiger charge is 2.25. The minimum absolute atomic E-state index is 0.167. The molecule has 3 nitrogen and oxygen atoms in total. The van der Waals surface area contributed by atoms with E-state index < -0.39 is 0 Å². The van der Waals surface area contributed by atoms with Gasteiger partial charge >= 0.3 is 5.97 Å². The van der Waals surface area contributed by atoms with E-state index in [0.29, 0.717) is 0 Å². The fourth-order valence-electron chi connectivity index (χ4n) is 1.70. The van der Waals surface area contributed by atoms with Gasteiger partial charge in [-0.2, -0.15) is 0 Å². The number of aryl methyl sites for hydroxylation is 1. The van der Waals surface area contributed by atoms with Crippen LogP contribution in [0.2, 0.25) is 0 Å². The third kappa shape index (κ3) is 3.82. The molecule has 0 fully saturated rings. The smallest absolute Gasteiger partial charge is 0.323 e. The van der Waals surface area contributed by atoms with Crippen LogP contribution in [0.3, 0.4) is 0 Å². The van der Waals surface area contributed by atoms with Gasteiger partial charge in [-0.05, 0) is 31.9 Å². The first-order chi connectivity index (χ1) is 7.95. The Balaban J connectivity index is 2.70. The quantitative estimate of drug-likeness (QED) is 0.822. The molecule has 0 aromatic carbocycles. The number of methoxy groups -OCH3 is 1. The van der Waals surface area contributed by atoms with E-state index in [2.05, 4.69) is 31.3 Å². The van der Waals surface area contributed by atoms with Gasteiger partial charge < -0.3 is 4.74 Å². The number of thiophene rings is 1. The molecule has 4 heteroatoms. The molecule has 0 radical (unpaired) electrons. The van der Waals surface area contributed by atoms with Crippen LogP contribution in [0.5, 0.6) is 0 Å². The molecular weight excluding hydrogens is 234 g/mol. The molecule has 0 aliphatic heterocycles. The summed E-state index contributed by atoms with van der Waals surface area (Å²) in [5.41, 5.74) is 0. The predicted octanol–water partition coefficient (Wildman–Crippen LogP) is 2.90. The summed E-state index contributed by atoms with van der Waals surface area (Å²) in [6.07, 6.45) is 0. The number of carbonyl (C=O) groups is 1. The van der Waals surface area contributed by atoms with E-state index in [1.807, 2.05) is 13.8 Å². The van der Waals surface area contributed by atoms with Crippen molar-refractivity contribution >= 4 is 17.3 Å². The largest absolute Gasteiger partial charge is 0.468 e. The molecule has 17 heavy (non-hydrogen) atoms. The van der Waals surface area contributed by atoms with Gasteiger partial charge in [-0.25, -0.2) is 0 Å². The molecule has 0 amide bonds. The molecule has 2 unspecified atom stereocenters. The summed E-state index contributed by atoms with van der Waals surface area (Å²) in [5.74, 6) is 0.0195. The molecule has 1 aromatic rings. The van der Waals surface area contributed by atoms with E-state index in [1.165, 1.54) is 16.9 Å². The zero-order valence-electron chi connectivity index (χ0n) is 11.1. The van der Waals surface area contributed by atoms with Crippen molar-refractivity contribution in [3.63, 3.8) is 0 Å². The van der Waals surface area contributed by atoms with Crippen LogP contribution in [-0.2, 0) is 9.53 Å². The molecule has 0 bridgehead atoms. The van der Waals surface area contributed by atoms with Crippen molar-refractivity contribution in [1.29, 1.82) is 0 Å². The Morgan fingerprint density at radius 2 is 2.00 bits per heavy atom. The second-order valence-electron chi connectivity index (χ2n) is 4.58. The summed E-state index contributed by atoms with van der Waals surface area (Å²) >= 11 is 1.75. The highest BCUT2D eigenvalue weighted by atomic mass is 32.1. The van der Waals surface area contributed by atoms with Crippen molar-refractivity contribution in [3.8, 4) is 0 Å². The Hall–Kier alpha value is -0.870.